The fourth-order valence-electron chi connectivity index (χ4n) is 1.55. The Morgan fingerprint density at radius 3 is 2.90 bits per heavy atom. The first kappa shape index (κ1) is 13.6. The molecule has 0 aliphatic carbocycles. The number of nitrogens with zero attached hydrogens (tertiary/aromatic N) is 1. The highest BCUT2D eigenvalue weighted by Crippen LogP contribution is 2.13. The van der Waals surface area contributed by atoms with Gasteiger partial charge in [-0.05, 0) is 30.3 Å². The van der Waals surface area contributed by atoms with Gasteiger partial charge in [-0.3, -0.25) is 4.79 Å². The number of hydrogen-bond donors (Lipinski definition) is 3. The van der Waals surface area contributed by atoms with Gasteiger partial charge in [0.25, 0.3) is 5.91 Å². The zero-order valence-corrected chi connectivity index (χ0v) is 10.5. The molecule has 1 amide bonds. The van der Waals surface area contributed by atoms with Gasteiger partial charge in [0.05, 0.1) is 0 Å². The van der Waals surface area contributed by atoms with E-state index >= 15 is 0 Å². The molecule has 100 valence electrons. The number of amides is 1. The van der Waals surface area contributed by atoms with E-state index in [4.69, 9.17) is 5.11 Å². The van der Waals surface area contributed by atoms with Crippen molar-refractivity contribution in [2.24, 2.45) is 0 Å². The van der Waals surface area contributed by atoms with E-state index in [2.05, 4.69) is 22.1 Å². The zero-order chi connectivity index (χ0) is 14.4. The molecular weight excluding hydrogens is 256 g/mol. The van der Waals surface area contributed by atoms with Crippen molar-refractivity contribution in [1.29, 1.82) is 0 Å². The molecule has 0 spiro atoms. The van der Waals surface area contributed by atoms with Gasteiger partial charge < -0.3 is 15.5 Å². The Hall–Kier alpha value is -2.84. The maximum atomic E-state index is 12.0. The number of anilines is 1. The number of rotatable bonds is 2. The quantitative estimate of drug-likeness (QED) is 0.719. The van der Waals surface area contributed by atoms with Crippen molar-refractivity contribution in [2.75, 3.05) is 11.9 Å². The number of carbonyl (C=O) groups is 1. The normalized spacial score (nSPS) is 9.45. The molecule has 0 radical (unpaired) electrons. The molecule has 0 fully saturated rings. The topological polar surface area (TPSA) is 82.5 Å². The summed E-state index contributed by atoms with van der Waals surface area (Å²) in [5, 5.41) is 20.6. The molecule has 1 aromatic carbocycles. The Morgan fingerprint density at radius 1 is 1.30 bits per heavy atom. The molecule has 1 aromatic heterocycles. The predicted molar refractivity (Wildman–Crippen MR) is 74.3 cm³/mol. The molecule has 5 heteroatoms. The van der Waals surface area contributed by atoms with Crippen LogP contribution in [0.1, 0.15) is 15.9 Å². The van der Waals surface area contributed by atoms with Crippen LogP contribution in [0.25, 0.3) is 0 Å². The van der Waals surface area contributed by atoms with E-state index < -0.39 is 0 Å². The molecule has 0 aliphatic rings. The Morgan fingerprint density at radius 2 is 2.15 bits per heavy atom. The first-order valence-corrected chi connectivity index (χ1v) is 5.85. The van der Waals surface area contributed by atoms with Crippen molar-refractivity contribution < 1.29 is 15.0 Å². The van der Waals surface area contributed by atoms with Gasteiger partial charge in [0.15, 0.2) is 0 Å². The van der Waals surface area contributed by atoms with Crippen LogP contribution in [0.5, 0.6) is 5.75 Å². The Bertz CT molecular complexity index is 687. The van der Waals surface area contributed by atoms with Gasteiger partial charge in [-0.2, -0.15) is 0 Å². The van der Waals surface area contributed by atoms with E-state index in [9.17, 15) is 9.90 Å². The van der Waals surface area contributed by atoms with Crippen LogP contribution < -0.4 is 5.32 Å². The lowest BCUT2D eigenvalue weighted by atomic mass is 10.2. The van der Waals surface area contributed by atoms with Crippen LogP contribution in [0, 0.1) is 11.8 Å². The molecule has 0 unspecified atom stereocenters. The number of hydrogen-bond acceptors (Lipinski definition) is 4. The number of nitrogens with one attached hydrogen (secondary N) is 1. The molecule has 2 aromatic rings. The fourth-order valence-corrected chi connectivity index (χ4v) is 1.55. The monoisotopic (exact) mass is 268 g/mol. The Balaban J connectivity index is 2.15. The number of aliphatic hydroxyl groups excluding tert-OH is 1. The number of benzene rings is 1. The van der Waals surface area contributed by atoms with Gasteiger partial charge in [0.2, 0.25) is 0 Å². The van der Waals surface area contributed by atoms with Gasteiger partial charge in [-0.1, -0.05) is 17.9 Å². The maximum Gasteiger partial charge on any atom is 0.256 e. The second-order valence-electron chi connectivity index (χ2n) is 3.89. The second kappa shape index (κ2) is 6.36. The van der Waals surface area contributed by atoms with Crippen LogP contribution in [0.15, 0.2) is 42.6 Å². The minimum atomic E-state index is -0.374. The summed E-state index contributed by atoms with van der Waals surface area (Å²) in [4.78, 5) is 16.0. The smallest absolute Gasteiger partial charge is 0.256 e. The van der Waals surface area contributed by atoms with Crippen molar-refractivity contribution in [3.8, 4) is 17.6 Å². The number of aliphatic hydroxyl groups is 1. The summed E-state index contributed by atoms with van der Waals surface area (Å²) in [6.07, 6.45) is 1.51. The minimum Gasteiger partial charge on any atom is -0.508 e. The fraction of sp³-hybridized carbons (Fsp3) is 0.0667. The van der Waals surface area contributed by atoms with Crippen molar-refractivity contribution in [3.05, 3.63) is 53.7 Å². The summed E-state index contributed by atoms with van der Waals surface area (Å²) in [6.45, 7) is -0.229. The molecule has 0 aliphatic heterocycles. The lowest BCUT2D eigenvalue weighted by Gasteiger charge is -2.05. The van der Waals surface area contributed by atoms with Gasteiger partial charge in [0, 0.05) is 17.3 Å². The van der Waals surface area contributed by atoms with Crippen molar-refractivity contribution in [2.45, 2.75) is 0 Å². The van der Waals surface area contributed by atoms with E-state index in [0.29, 0.717) is 16.9 Å². The van der Waals surface area contributed by atoms with Gasteiger partial charge in [-0.15, -0.1) is 0 Å². The molecule has 20 heavy (non-hydrogen) atoms. The van der Waals surface area contributed by atoms with E-state index in [1.165, 1.54) is 18.3 Å². The maximum absolute atomic E-state index is 12.0. The summed E-state index contributed by atoms with van der Waals surface area (Å²) < 4.78 is 0. The third kappa shape index (κ3) is 3.57. The average Bonchev–Trinajstić information content (AvgIpc) is 2.45. The molecule has 0 atom stereocenters. The highest BCUT2D eigenvalue weighted by molar-refractivity contribution is 6.04. The molecule has 1 heterocycles. The molecule has 0 bridgehead atoms. The van der Waals surface area contributed by atoms with Gasteiger partial charge in [0.1, 0.15) is 18.2 Å². The highest BCUT2D eigenvalue weighted by Gasteiger charge is 2.07. The average molecular weight is 268 g/mol. The Labute approximate surface area is 115 Å². The Kier molecular flexibility index (Phi) is 4.32. The molecule has 5 nitrogen and oxygen atoms in total. The van der Waals surface area contributed by atoms with Crippen LogP contribution in [0.2, 0.25) is 0 Å². The van der Waals surface area contributed by atoms with Crippen molar-refractivity contribution in [1.82, 2.24) is 4.98 Å². The molecule has 2 rings (SSSR count). The van der Waals surface area contributed by atoms with Crippen LogP contribution >= 0.6 is 0 Å². The van der Waals surface area contributed by atoms with Crippen molar-refractivity contribution in [3.63, 3.8) is 0 Å². The molecule has 0 saturated heterocycles. The molecule has 3 N–H and O–H groups in total. The first-order chi connectivity index (χ1) is 9.69. The standard InChI is InChI=1S/C15H12N2O3/c18-8-2-3-11-6-7-16-14(9-11)17-15(20)12-4-1-5-13(19)10-12/h1,4-7,9-10,18-19H,8H2,(H,16,17,20). The number of phenolic OH excluding ortho intramolecular Hbond substituents is 1. The predicted octanol–water partition coefficient (Wildman–Crippen LogP) is 1.38. The van der Waals surface area contributed by atoms with Crippen LogP contribution in [0.3, 0.4) is 0 Å². The molecule has 0 saturated carbocycles. The lowest BCUT2D eigenvalue weighted by Crippen LogP contribution is -2.12. The van der Waals surface area contributed by atoms with E-state index in [1.807, 2.05) is 0 Å². The number of aromatic hydroxyl groups is 1. The summed E-state index contributed by atoms with van der Waals surface area (Å²) >= 11 is 0. The molecular formula is C15H12N2O3. The van der Waals surface area contributed by atoms with Crippen molar-refractivity contribution >= 4 is 11.7 Å². The third-order valence-corrected chi connectivity index (χ3v) is 2.42. The number of phenols is 1. The zero-order valence-electron chi connectivity index (χ0n) is 10.5. The van der Waals surface area contributed by atoms with Crippen LogP contribution in [-0.2, 0) is 0 Å². The van der Waals surface area contributed by atoms with E-state index in [1.54, 1.807) is 24.3 Å². The number of pyridine rings is 1. The minimum absolute atomic E-state index is 0.0215. The SMILES string of the molecule is O=C(Nc1cc(C#CCO)ccn1)c1cccc(O)c1. The second-order valence-corrected chi connectivity index (χ2v) is 3.89. The number of carbonyl (C=O) groups excluding carboxylic acids is 1. The van der Waals surface area contributed by atoms with Gasteiger partial charge >= 0.3 is 0 Å². The largest absolute Gasteiger partial charge is 0.508 e. The van der Waals surface area contributed by atoms with Crippen LogP contribution in [-0.4, -0.2) is 27.7 Å². The summed E-state index contributed by atoms with van der Waals surface area (Å²) in [5.74, 6) is 5.24. The summed E-state index contributed by atoms with van der Waals surface area (Å²) in [5.41, 5.74) is 0.971. The lowest BCUT2D eigenvalue weighted by molar-refractivity contribution is 0.102. The summed E-state index contributed by atoms with van der Waals surface area (Å²) in [7, 11) is 0. The van der Waals surface area contributed by atoms with E-state index in [0.717, 1.165) is 0 Å². The van der Waals surface area contributed by atoms with E-state index in [-0.39, 0.29) is 18.3 Å². The third-order valence-electron chi connectivity index (χ3n) is 2.42. The first-order valence-electron chi connectivity index (χ1n) is 5.85. The highest BCUT2D eigenvalue weighted by atomic mass is 16.3. The van der Waals surface area contributed by atoms with Gasteiger partial charge in [-0.25, -0.2) is 4.98 Å². The number of aromatic nitrogens is 1. The summed E-state index contributed by atoms with van der Waals surface area (Å²) in [6, 6.07) is 9.30. The van der Waals surface area contributed by atoms with Crippen LogP contribution in [0.4, 0.5) is 5.82 Å².